The zero-order valence-corrected chi connectivity index (χ0v) is 6.34. The molecular formula is C5H7N3OS. The van der Waals surface area contributed by atoms with E-state index in [4.69, 9.17) is 0 Å². The van der Waals surface area contributed by atoms with Crippen molar-refractivity contribution >= 4 is 11.9 Å². The summed E-state index contributed by atoms with van der Waals surface area (Å²) in [6.07, 6.45) is 2.61. The van der Waals surface area contributed by atoms with Gasteiger partial charge in [-0.15, -0.1) is 0 Å². The fraction of sp³-hybridized carbons (Fsp3) is 0.400. The number of nitrogens with zero attached hydrogens (tertiary/aromatic N) is 3. The molecule has 0 aliphatic heterocycles. The zero-order chi connectivity index (χ0) is 7.40. The lowest BCUT2D eigenvalue weighted by molar-refractivity contribution is 0.886. The molecular weight excluding hydrogens is 150 g/mol. The van der Waals surface area contributed by atoms with E-state index in [2.05, 4.69) is 10.1 Å². The normalized spacial score (nSPS) is 9.70. The number of aromatic nitrogens is 3. The monoisotopic (exact) mass is 157 g/mol. The van der Waals surface area contributed by atoms with Crippen LogP contribution < -0.4 is 5.56 Å². The van der Waals surface area contributed by atoms with Gasteiger partial charge in [0.1, 0.15) is 12.5 Å². The second-order valence-electron chi connectivity index (χ2n) is 1.55. The third kappa shape index (κ3) is 1.84. The second-order valence-corrected chi connectivity index (χ2v) is 2.76. The molecule has 0 spiro atoms. The van der Waals surface area contributed by atoms with Gasteiger partial charge in [0.25, 0.3) is 5.56 Å². The molecule has 0 atom stereocenters. The van der Waals surface area contributed by atoms with Crippen LogP contribution in [0.5, 0.6) is 0 Å². The van der Waals surface area contributed by atoms with Gasteiger partial charge in [-0.2, -0.15) is 14.2 Å². The summed E-state index contributed by atoms with van der Waals surface area (Å²) in [7, 11) is 0. The van der Waals surface area contributed by atoms with Gasteiger partial charge < -0.3 is 0 Å². The van der Waals surface area contributed by atoms with Crippen LogP contribution in [0.4, 0.5) is 0 Å². The van der Waals surface area contributed by atoms with Crippen LogP contribution in [0.2, 0.25) is 0 Å². The summed E-state index contributed by atoms with van der Waals surface area (Å²) in [4.78, 5) is 14.0. The van der Waals surface area contributed by atoms with Gasteiger partial charge in [-0.25, -0.2) is 0 Å². The summed E-state index contributed by atoms with van der Waals surface area (Å²) in [5, 5.41) is 3.77. The lowest BCUT2D eigenvalue weighted by Crippen LogP contribution is -2.09. The highest BCUT2D eigenvalue weighted by atomic mass is 32.2. The maximum Gasteiger partial charge on any atom is 0.291 e. The average Bonchev–Trinajstić information content (AvgIpc) is 1.95. The zero-order valence-electron chi connectivity index (χ0n) is 5.52. The molecule has 1 heterocycles. The van der Waals surface area contributed by atoms with Crippen molar-refractivity contribution in [1.82, 2.24) is 14.2 Å². The van der Waals surface area contributed by atoms with Crippen LogP contribution in [0, 0.1) is 0 Å². The quantitative estimate of drug-likeness (QED) is 0.613. The molecule has 0 unspecified atom stereocenters. The third-order valence-corrected chi connectivity index (χ3v) is 1.54. The van der Waals surface area contributed by atoms with E-state index in [1.165, 1.54) is 24.5 Å². The Morgan fingerprint density at radius 2 is 2.60 bits per heavy atom. The van der Waals surface area contributed by atoms with E-state index in [9.17, 15) is 4.79 Å². The fourth-order valence-electron chi connectivity index (χ4n) is 0.475. The van der Waals surface area contributed by atoms with Crippen LogP contribution in [0.3, 0.4) is 0 Å². The molecule has 4 nitrogen and oxygen atoms in total. The molecule has 0 radical (unpaired) electrons. The lowest BCUT2D eigenvalue weighted by Gasteiger charge is -1.96. The van der Waals surface area contributed by atoms with Gasteiger partial charge >= 0.3 is 0 Å². The van der Waals surface area contributed by atoms with E-state index in [0.29, 0.717) is 0 Å². The minimum absolute atomic E-state index is 0.298. The molecule has 0 saturated carbocycles. The van der Waals surface area contributed by atoms with Gasteiger partial charge in [0.15, 0.2) is 0 Å². The van der Waals surface area contributed by atoms with Gasteiger partial charge in [-0.05, 0) is 11.9 Å². The van der Waals surface area contributed by atoms with Crippen LogP contribution in [0.15, 0.2) is 17.3 Å². The number of hydrogen-bond acceptors (Lipinski definition) is 4. The second kappa shape index (κ2) is 3.36. The summed E-state index contributed by atoms with van der Waals surface area (Å²) >= 11 is 1.49. The highest BCUT2D eigenvalue weighted by Crippen LogP contribution is 1.97. The molecule has 1 rings (SSSR count). The highest BCUT2D eigenvalue weighted by Gasteiger charge is 1.87. The lowest BCUT2D eigenvalue weighted by atomic mass is 10.9. The SMILES string of the molecule is CCSn1cnc(=O)cn1. The summed E-state index contributed by atoms with van der Waals surface area (Å²) in [5.41, 5.74) is -0.298. The van der Waals surface area contributed by atoms with Crippen LogP contribution >= 0.6 is 11.9 Å². The molecule has 1 aromatic heterocycles. The molecule has 0 bridgehead atoms. The third-order valence-electron chi connectivity index (χ3n) is 0.827. The highest BCUT2D eigenvalue weighted by molar-refractivity contribution is 7.97. The Morgan fingerprint density at radius 1 is 1.80 bits per heavy atom. The molecule has 0 aromatic carbocycles. The van der Waals surface area contributed by atoms with Gasteiger partial charge in [0.2, 0.25) is 0 Å². The molecule has 0 fully saturated rings. The van der Waals surface area contributed by atoms with Crippen molar-refractivity contribution in [2.75, 3.05) is 5.75 Å². The molecule has 10 heavy (non-hydrogen) atoms. The van der Waals surface area contributed by atoms with Crippen molar-refractivity contribution in [2.24, 2.45) is 0 Å². The van der Waals surface area contributed by atoms with Crippen LogP contribution in [-0.2, 0) is 0 Å². The maximum absolute atomic E-state index is 10.4. The first kappa shape index (κ1) is 7.27. The average molecular weight is 157 g/mol. The van der Waals surface area contributed by atoms with Crippen molar-refractivity contribution in [3.8, 4) is 0 Å². The molecule has 1 aromatic rings. The summed E-state index contributed by atoms with van der Waals surface area (Å²) in [6, 6.07) is 0. The number of rotatable bonds is 2. The molecule has 5 heteroatoms. The predicted molar refractivity (Wildman–Crippen MR) is 39.8 cm³/mol. The molecule has 0 amide bonds. The van der Waals surface area contributed by atoms with Crippen LogP contribution in [-0.4, -0.2) is 19.9 Å². The smallest absolute Gasteiger partial charge is 0.266 e. The van der Waals surface area contributed by atoms with Crippen LogP contribution in [0.25, 0.3) is 0 Å². The maximum atomic E-state index is 10.4. The van der Waals surface area contributed by atoms with Gasteiger partial charge in [0, 0.05) is 5.75 Å². The van der Waals surface area contributed by atoms with Crippen LogP contribution in [0.1, 0.15) is 6.92 Å². The van der Waals surface area contributed by atoms with Gasteiger partial charge in [-0.3, -0.25) is 4.79 Å². The Balaban J connectivity index is 2.79. The van der Waals surface area contributed by atoms with Crippen molar-refractivity contribution < 1.29 is 0 Å². The predicted octanol–water partition coefficient (Wildman–Crippen LogP) is 0.154. The standard InChI is InChI=1S/C5H7N3OS/c1-2-10-8-4-6-5(9)3-7-8/h3-4H,2H2,1H3. The molecule has 0 aliphatic rings. The van der Waals surface area contributed by atoms with E-state index < -0.39 is 0 Å². The van der Waals surface area contributed by atoms with Gasteiger partial charge in [0.05, 0.1) is 0 Å². The van der Waals surface area contributed by atoms with E-state index in [0.717, 1.165) is 5.75 Å². The van der Waals surface area contributed by atoms with Crippen molar-refractivity contribution in [3.63, 3.8) is 0 Å². The molecule has 0 aliphatic carbocycles. The Hall–Kier alpha value is -0.840. The summed E-state index contributed by atoms with van der Waals surface area (Å²) in [6.45, 7) is 2.00. The Kier molecular flexibility index (Phi) is 2.44. The summed E-state index contributed by atoms with van der Waals surface area (Å²) in [5.74, 6) is 0.914. The van der Waals surface area contributed by atoms with Crippen molar-refractivity contribution in [1.29, 1.82) is 0 Å². The van der Waals surface area contributed by atoms with E-state index >= 15 is 0 Å². The topological polar surface area (TPSA) is 47.8 Å². The van der Waals surface area contributed by atoms with Crippen molar-refractivity contribution in [3.05, 3.63) is 22.9 Å². The molecule has 0 saturated heterocycles. The summed E-state index contributed by atoms with van der Waals surface area (Å²) < 4.78 is 1.56. The Morgan fingerprint density at radius 3 is 3.10 bits per heavy atom. The number of hydrogen-bond donors (Lipinski definition) is 0. The van der Waals surface area contributed by atoms with Gasteiger partial charge in [-0.1, -0.05) is 6.92 Å². The van der Waals surface area contributed by atoms with E-state index in [1.807, 2.05) is 6.92 Å². The van der Waals surface area contributed by atoms with E-state index in [1.54, 1.807) is 4.09 Å². The Bertz CT molecular complexity index is 239. The van der Waals surface area contributed by atoms with Crippen molar-refractivity contribution in [2.45, 2.75) is 6.92 Å². The fourth-order valence-corrected chi connectivity index (χ4v) is 0.967. The largest absolute Gasteiger partial charge is 0.291 e. The first-order valence-electron chi connectivity index (χ1n) is 2.87. The minimum atomic E-state index is -0.298. The van der Waals surface area contributed by atoms with E-state index in [-0.39, 0.29) is 5.56 Å². The molecule has 0 N–H and O–H groups in total. The first-order chi connectivity index (χ1) is 4.83. The molecule has 54 valence electrons. The Labute approximate surface area is 62.4 Å². The minimum Gasteiger partial charge on any atom is -0.266 e. The first-order valence-corrected chi connectivity index (χ1v) is 3.81.